The number of hydrogen-bond acceptors (Lipinski definition) is 3. The van der Waals surface area contributed by atoms with Crippen LogP contribution in [-0.4, -0.2) is 30.3 Å². The van der Waals surface area contributed by atoms with Crippen LogP contribution in [0.4, 0.5) is 8.78 Å². The summed E-state index contributed by atoms with van der Waals surface area (Å²) in [5, 5.41) is 12.2. The van der Waals surface area contributed by atoms with Crippen LogP contribution in [-0.2, 0) is 6.42 Å². The van der Waals surface area contributed by atoms with E-state index in [1.807, 2.05) is 6.92 Å². The molecule has 0 aromatic heterocycles. The zero-order chi connectivity index (χ0) is 14.3. The van der Waals surface area contributed by atoms with Gasteiger partial charge in [-0.15, -0.1) is 0 Å². The highest BCUT2D eigenvalue weighted by Gasteiger charge is 2.08. The Bertz CT molecular complexity index is 363. The van der Waals surface area contributed by atoms with E-state index in [9.17, 15) is 8.78 Å². The second-order valence-electron chi connectivity index (χ2n) is 4.77. The average Bonchev–Trinajstić information content (AvgIpc) is 2.33. The molecular formula is C14H22F2N2O. The Balaban J connectivity index is 2.36. The normalized spacial score (nSPS) is 14.4. The summed E-state index contributed by atoms with van der Waals surface area (Å²) < 4.78 is 26.0. The van der Waals surface area contributed by atoms with Gasteiger partial charge in [0.1, 0.15) is 11.6 Å². The minimum atomic E-state index is -0.577. The van der Waals surface area contributed by atoms with Crippen LogP contribution in [0.1, 0.15) is 25.3 Å². The quantitative estimate of drug-likeness (QED) is 0.673. The van der Waals surface area contributed by atoms with E-state index >= 15 is 0 Å². The van der Waals surface area contributed by atoms with Crippen LogP contribution in [0.5, 0.6) is 0 Å². The number of aliphatic hydroxyl groups is 1. The van der Waals surface area contributed by atoms with Gasteiger partial charge in [0.2, 0.25) is 0 Å². The summed E-state index contributed by atoms with van der Waals surface area (Å²) in [6.45, 7) is 2.77. The summed E-state index contributed by atoms with van der Waals surface area (Å²) in [4.78, 5) is 0. The van der Waals surface area contributed by atoms with Crippen molar-refractivity contribution in [2.45, 2.75) is 38.3 Å². The Morgan fingerprint density at radius 2 is 1.89 bits per heavy atom. The molecule has 2 atom stereocenters. The Morgan fingerprint density at radius 3 is 2.42 bits per heavy atom. The standard InChI is InChI=1S/C14H22F2N2O/c1-2-14(9-19)18-4-3-13(17)7-10-5-11(15)8-12(16)6-10/h5-6,8,13-14,18-19H,2-4,7,9,17H2,1H3/t13-,14-/m1/s1. The molecule has 1 aromatic carbocycles. The predicted molar refractivity (Wildman–Crippen MR) is 71.8 cm³/mol. The second-order valence-corrected chi connectivity index (χ2v) is 4.77. The lowest BCUT2D eigenvalue weighted by atomic mass is 10.0. The van der Waals surface area contributed by atoms with E-state index in [1.54, 1.807) is 0 Å². The van der Waals surface area contributed by atoms with E-state index in [2.05, 4.69) is 5.32 Å². The highest BCUT2D eigenvalue weighted by atomic mass is 19.1. The molecule has 0 aliphatic carbocycles. The molecule has 0 saturated carbocycles. The lowest BCUT2D eigenvalue weighted by molar-refractivity contribution is 0.238. The molecule has 108 valence electrons. The summed E-state index contributed by atoms with van der Waals surface area (Å²) in [5.41, 5.74) is 6.50. The van der Waals surface area contributed by atoms with E-state index in [4.69, 9.17) is 10.8 Å². The predicted octanol–water partition coefficient (Wildman–Crippen LogP) is 1.59. The van der Waals surface area contributed by atoms with Crippen LogP contribution >= 0.6 is 0 Å². The molecule has 0 unspecified atom stereocenters. The minimum absolute atomic E-state index is 0.0822. The summed E-state index contributed by atoms with van der Waals surface area (Å²) in [6.07, 6.45) is 1.97. The maximum absolute atomic E-state index is 13.0. The van der Waals surface area contributed by atoms with Gasteiger partial charge in [-0.3, -0.25) is 0 Å². The highest BCUT2D eigenvalue weighted by Crippen LogP contribution is 2.10. The third-order valence-corrected chi connectivity index (χ3v) is 3.08. The monoisotopic (exact) mass is 272 g/mol. The van der Waals surface area contributed by atoms with Crippen molar-refractivity contribution in [1.29, 1.82) is 0 Å². The van der Waals surface area contributed by atoms with Gasteiger partial charge in [0.25, 0.3) is 0 Å². The first-order valence-electron chi connectivity index (χ1n) is 6.60. The van der Waals surface area contributed by atoms with Crippen molar-refractivity contribution in [3.63, 3.8) is 0 Å². The maximum atomic E-state index is 13.0. The molecule has 0 fully saturated rings. The smallest absolute Gasteiger partial charge is 0.126 e. The largest absolute Gasteiger partial charge is 0.395 e. The maximum Gasteiger partial charge on any atom is 0.126 e. The number of hydrogen-bond donors (Lipinski definition) is 3. The van der Waals surface area contributed by atoms with E-state index < -0.39 is 11.6 Å². The zero-order valence-electron chi connectivity index (χ0n) is 11.2. The molecule has 1 aromatic rings. The summed E-state index contributed by atoms with van der Waals surface area (Å²) in [5.74, 6) is -1.15. The number of nitrogens with one attached hydrogen (secondary N) is 1. The van der Waals surface area contributed by atoms with Gasteiger partial charge in [-0.25, -0.2) is 8.78 Å². The SMILES string of the molecule is CC[C@H](CO)NCC[C@@H](N)Cc1cc(F)cc(F)c1. The molecule has 3 nitrogen and oxygen atoms in total. The van der Waals surface area contributed by atoms with Gasteiger partial charge in [0.05, 0.1) is 6.61 Å². The summed E-state index contributed by atoms with van der Waals surface area (Å²) >= 11 is 0. The first-order valence-corrected chi connectivity index (χ1v) is 6.60. The Labute approximate surface area is 112 Å². The van der Waals surface area contributed by atoms with Crippen LogP contribution in [0.25, 0.3) is 0 Å². The molecule has 0 spiro atoms. The van der Waals surface area contributed by atoms with Crippen molar-refractivity contribution in [2.24, 2.45) is 5.73 Å². The highest BCUT2D eigenvalue weighted by molar-refractivity contribution is 5.18. The summed E-state index contributed by atoms with van der Waals surface area (Å²) in [7, 11) is 0. The fraction of sp³-hybridized carbons (Fsp3) is 0.571. The average molecular weight is 272 g/mol. The molecule has 0 heterocycles. The van der Waals surface area contributed by atoms with Gasteiger partial charge >= 0.3 is 0 Å². The number of nitrogens with two attached hydrogens (primary N) is 1. The van der Waals surface area contributed by atoms with Gasteiger partial charge in [-0.05, 0) is 43.5 Å². The molecule has 0 saturated heterocycles. The van der Waals surface area contributed by atoms with Crippen molar-refractivity contribution in [3.05, 3.63) is 35.4 Å². The van der Waals surface area contributed by atoms with Crippen molar-refractivity contribution in [1.82, 2.24) is 5.32 Å². The second kappa shape index (κ2) is 8.19. The van der Waals surface area contributed by atoms with Gasteiger partial charge in [0, 0.05) is 18.2 Å². The lowest BCUT2D eigenvalue weighted by Gasteiger charge is -2.16. The molecule has 0 aliphatic heterocycles. The third kappa shape index (κ3) is 6.09. The van der Waals surface area contributed by atoms with Crippen molar-refractivity contribution >= 4 is 0 Å². The lowest BCUT2D eigenvalue weighted by Crippen LogP contribution is -2.36. The molecule has 1 rings (SSSR count). The fourth-order valence-electron chi connectivity index (χ4n) is 1.94. The van der Waals surface area contributed by atoms with E-state index in [-0.39, 0.29) is 18.7 Å². The fourth-order valence-corrected chi connectivity index (χ4v) is 1.94. The Hall–Kier alpha value is -1.04. The summed E-state index contributed by atoms with van der Waals surface area (Å²) in [6, 6.07) is 3.38. The minimum Gasteiger partial charge on any atom is -0.395 e. The third-order valence-electron chi connectivity index (χ3n) is 3.08. The van der Waals surface area contributed by atoms with E-state index in [0.717, 1.165) is 12.5 Å². The van der Waals surface area contributed by atoms with E-state index in [0.29, 0.717) is 24.9 Å². The van der Waals surface area contributed by atoms with Crippen molar-refractivity contribution in [2.75, 3.05) is 13.2 Å². The molecule has 19 heavy (non-hydrogen) atoms. The van der Waals surface area contributed by atoms with E-state index in [1.165, 1.54) is 12.1 Å². The molecule has 4 N–H and O–H groups in total. The molecule has 0 amide bonds. The molecular weight excluding hydrogens is 250 g/mol. The van der Waals surface area contributed by atoms with Crippen LogP contribution < -0.4 is 11.1 Å². The van der Waals surface area contributed by atoms with Gasteiger partial charge in [0.15, 0.2) is 0 Å². The van der Waals surface area contributed by atoms with Crippen LogP contribution in [0.2, 0.25) is 0 Å². The van der Waals surface area contributed by atoms with Crippen LogP contribution in [0, 0.1) is 11.6 Å². The first-order chi connectivity index (χ1) is 9.05. The molecule has 0 aliphatic rings. The van der Waals surface area contributed by atoms with Crippen LogP contribution in [0.15, 0.2) is 18.2 Å². The topological polar surface area (TPSA) is 58.3 Å². The van der Waals surface area contributed by atoms with Gasteiger partial charge in [-0.1, -0.05) is 6.92 Å². The zero-order valence-corrected chi connectivity index (χ0v) is 11.2. The molecule has 5 heteroatoms. The number of halogens is 2. The number of benzene rings is 1. The van der Waals surface area contributed by atoms with Crippen molar-refractivity contribution < 1.29 is 13.9 Å². The number of aliphatic hydroxyl groups excluding tert-OH is 1. The van der Waals surface area contributed by atoms with Crippen LogP contribution in [0.3, 0.4) is 0 Å². The first kappa shape index (κ1) is 16.0. The van der Waals surface area contributed by atoms with Gasteiger partial charge in [-0.2, -0.15) is 0 Å². The van der Waals surface area contributed by atoms with Gasteiger partial charge < -0.3 is 16.2 Å². The molecule has 0 radical (unpaired) electrons. The molecule has 0 bridgehead atoms. The van der Waals surface area contributed by atoms with Crippen molar-refractivity contribution in [3.8, 4) is 0 Å². The Morgan fingerprint density at radius 1 is 1.26 bits per heavy atom. The Kier molecular flexibility index (Phi) is 6.91. The number of rotatable bonds is 8.